The molecule has 3 rings (SSSR count). The summed E-state index contributed by atoms with van der Waals surface area (Å²) < 4.78 is 0. The zero-order valence-electron chi connectivity index (χ0n) is 10.3. The van der Waals surface area contributed by atoms with Crippen molar-refractivity contribution < 1.29 is 0 Å². The van der Waals surface area contributed by atoms with Crippen molar-refractivity contribution in [2.75, 3.05) is 5.73 Å². The lowest BCUT2D eigenvalue weighted by molar-refractivity contribution is 1.18. The molecule has 92 valence electrons. The summed E-state index contributed by atoms with van der Waals surface area (Å²) >= 11 is 1.62. The third kappa shape index (κ3) is 1.76. The molecule has 0 saturated carbocycles. The first-order valence-corrected chi connectivity index (χ1v) is 6.70. The Morgan fingerprint density at radius 1 is 1.39 bits per heavy atom. The van der Waals surface area contributed by atoms with Gasteiger partial charge in [-0.05, 0) is 31.0 Å². The molecular formula is C13H14N4S. The van der Waals surface area contributed by atoms with Crippen LogP contribution in [0.2, 0.25) is 0 Å². The number of thiophene rings is 1. The van der Waals surface area contributed by atoms with Gasteiger partial charge in [0.2, 0.25) is 0 Å². The number of anilines is 1. The Kier molecular flexibility index (Phi) is 2.56. The van der Waals surface area contributed by atoms with E-state index in [0.29, 0.717) is 0 Å². The van der Waals surface area contributed by atoms with Crippen LogP contribution in [0.5, 0.6) is 0 Å². The number of H-pyrrole nitrogens is 1. The standard InChI is InChI=1S/C13H14N4S/c1-3-8-5-9(11(14)18-8)12-16-10-4-7(2)6-15-13(10)17-12/h4-6H,3,14H2,1-2H3,(H,15,16,17). The van der Waals surface area contributed by atoms with Gasteiger partial charge in [-0.15, -0.1) is 11.3 Å². The molecule has 4 nitrogen and oxygen atoms in total. The lowest BCUT2D eigenvalue weighted by Crippen LogP contribution is -1.84. The number of nitrogens with one attached hydrogen (secondary N) is 1. The van der Waals surface area contributed by atoms with Gasteiger partial charge >= 0.3 is 0 Å². The Morgan fingerprint density at radius 2 is 2.22 bits per heavy atom. The number of rotatable bonds is 2. The minimum Gasteiger partial charge on any atom is -0.390 e. The Balaban J connectivity index is 2.15. The van der Waals surface area contributed by atoms with Crippen LogP contribution >= 0.6 is 11.3 Å². The van der Waals surface area contributed by atoms with E-state index >= 15 is 0 Å². The SMILES string of the molecule is CCc1cc(-c2nc3ncc(C)cc3[nH]2)c(N)s1. The Bertz CT molecular complexity index is 711. The monoisotopic (exact) mass is 258 g/mol. The molecule has 3 N–H and O–H groups in total. The van der Waals surface area contributed by atoms with E-state index in [9.17, 15) is 0 Å². The van der Waals surface area contributed by atoms with Crippen molar-refractivity contribution in [1.82, 2.24) is 15.0 Å². The van der Waals surface area contributed by atoms with Crippen molar-refractivity contribution in [3.63, 3.8) is 0 Å². The number of aromatic amines is 1. The number of nitrogens with zero attached hydrogens (tertiary/aromatic N) is 2. The Hall–Kier alpha value is -1.88. The van der Waals surface area contributed by atoms with Gasteiger partial charge in [0.05, 0.1) is 16.1 Å². The lowest BCUT2D eigenvalue weighted by atomic mass is 10.2. The number of nitrogens with two attached hydrogens (primary N) is 1. The van der Waals surface area contributed by atoms with E-state index in [-0.39, 0.29) is 0 Å². The lowest BCUT2D eigenvalue weighted by Gasteiger charge is -1.92. The molecule has 0 bridgehead atoms. The van der Waals surface area contributed by atoms with Crippen LogP contribution in [0.4, 0.5) is 5.00 Å². The van der Waals surface area contributed by atoms with Crippen LogP contribution in [0.3, 0.4) is 0 Å². The third-order valence-electron chi connectivity index (χ3n) is 2.89. The van der Waals surface area contributed by atoms with Crippen LogP contribution in [0, 0.1) is 6.92 Å². The molecule has 0 spiro atoms. The topological polar surface area (TPSA) is 67.6 Å². The quantitative estimate of drug-likeness (QED) is 0.742. The summed E-state index contributed by atoms with van der Waals surface area (Å²) in [7, 11) is 0. The molecule has 0 aliphatic heterocycles. The molecule has 0 aliphatic rings. The molecular weight excluding hydrogens is 244 g/mol. The summed E-state index contributed by atoms with van der Waals surface area (Å²) in [5, 5.41) is 0.808. The van der Waals surface area contributed by atoms with Crippen LogP contribution in [0.15, 0.2) is 18.3 Å². The minimum absolute atomic E-state index is 0.735. The molecule has 5 heteroatoms. The molecule has 0 radical (unpaired) electrons. The second kappa shape index (κ2) is 4.10. The van der Waals surface area contributed by atoms with Gasteiger partial charge in [0.15, 0.2) is 5.65 Å². The molecule has 3 aromatic rings. The molecule has 18 heavy (non-hydrogen) atoms. The van der Waals surface area contributed by atoms with Gasteiger partial charge in [0, 0.05) is 11.1 Å². The summed E-state index contributed by atoms with van der Waals surface area (Å²) in [6.07, 6.45) is 2.81. The highest BCUT2D eigenvalue weighted by molar-refractivity contribution is 7.16. The zero-order chi connectivity index (χ0) is 12.7. The highest BCUT2D eigenvalue weighted by atomic mass is 32.1. The summed E-state index contributed by atoms with van der Waals surface area (Å²) in [6, 6.07) is 4.15. The first-order valence-electron chi connectivity index (χ1n) is 5.88. The number of nitrogen functional groups attached to an aromatic ring is 1. The van der Waals surface area contributed by atoms with E-state index in [0.717, 1.165) is 39.5 Å². The maximum atomic E-state index is 6.04. The number of aromatic nitrogens is 3. The fourth-order valence-corrected chi connectivity index (χ4v) is 2.82. The fraction of sp³-hybridized carbons (Fsp3) is 0.231. The predicted octanol–water partition coefficient (Wildman–Crippen LogP) is 3.14. The second-order valence-electron chi connectivity index (χ2n) is 4.31. The second-order valence-corrected chi connectivity index (χ2v) is 5.48. The van der Waals surface area contributed by atoms with Gasteiger partial charge in [-0.25, -0.2) is 9.97 Å². The summed E-state index contributed by atoms with van der Waals surface area (Å²) in [5.74, 6) is 0.802. The summed E-state index contributed by atoms with van der Waals surface area (Å²) in [4.78, 5) is 13.4. The smallest absolute Gasteiger partial charge is 0.178 e. The summed E-state index contributed by atoms with van der Waals surface area (Å²) in [5.41, 5.74) is 9.82. The zero-order valence-corrected chi connectivity index (χ0v) is 11.1. The number of imidazole rings is 1. The molecule has 3 heterocycles. The van der Waals surface area contributed by atoms with Crippen molar-refractivity contribution in [2.24, 2.45) is 0 Å². The van der Waals surface area contributed by atoms with Gasteiger partial charge < -0.3 is 10.7 Å². The molecule has 0 amide bonds. The van der Waals surface area contributed by atoms with Gasteiger partial charge in [-0.3, -0.25) is 0 Å². The van der Waals surface area contributed by atoms with Crippen molar-refractivity contribution in [3.05, 3.63) is 28.8 Å². The highest BCUT2D eigenvalue weighted by Gasteiger charge is 2.12. The molecule has 0 fully saturated rings. The normalized spacial score (nSPS) is 11.2. The van der Waals surface area contributed by atoms with E-state index in [1.54, 1.807) is 11.3 Å². The maximum absolute atomic E-state index is 6.04. The molecule has 3 aromatic heterocycles. The van der Waals surface area contributed by atoms with E-state index in [4.69, 9.17) is 5.73 Å². The van der Waals surface area contributed by atoms with E-state index in [2.05, 4.69) is 27.9 Å². The largest absolute Gasteiger partial charge is 0.390 e. The van der Waals surface area contributed by atoms with Crippen molar-refractivity contribution in [2.45, 2.75) is 20.3 Å². The van der Waals surface area contributed by atoms with Gasteiger partial charge in [0.1, 0.15) is 5.82 Å². The van der Waals surface area contributed by atoms with E-state index in [1.807, 2.05) is 19.2 Å². The summed E-state index contributed by atoms with van der Waals surface area (Å²) in [6.45, 7) is 4.14. The highest BCUT2D eigenvalue weighted by Crippen LogP contribution is 2.33. The fourth-order valence-electron chi connectivity index (χ4n) is 1.95. The molecule has 0 aromatic carbocycles. The average Bonchev–Trinajstić information content (AvgIpc) is 2.91. The van der Waals surface area contributed by atoms with Crippen LogP contribution in [0.25, 0.3) is 22.6 Å². The van der Waals surface area contributed by atoms with Gasteiger partial charge in [0.25, 0.3) is 0 Å². The van der Waals surface area contributed by atoms with E-state index < -0.39 is 0 Å². The average molecular weight is 258 g/mol. The molecule has 0 aliphatic carbocycles. The number of hydrogen-bond acceptors (Lipinski definition) is 4. The maximum Gasteiger partial charge on any atom is 0.178 e. The third-order valence-corrected chi connectivity index (χ3v) is 4.00. The van der Waals surface area contributed by atoms with Crippen molar-refractivity contribution >= 4 is 27.5 Å². The number of hydrogen-bond donors (Lipinski definition) is 2. The molecule has 0 saturated heterocycles. The van der Waals surface area contributed by atoms with Gasteiger partial charge in [-0.2, -0.15) is 0 Å². The van der Waals surface area contributed by atoms with Crippen LogP contribution in [0.1, 0.15) is 17.4 Å². The molecule has 0 unspecified atom stereocenters. The molecule has 0 atom stereocenters. The number of aryl methyl sites for hydroxylation is 2. The van der Waals surface area contributed by atoms with E-state index in [1.165, 1.54) is 4.88 Å². The van der Waals surface area contributed by atoms with Crippen molar-refractivity contribution in [1.29, 1.82) is 0 Å². The minimum atomic E-state index is 0.735. The van der Waals surface area contributed by atoms with Gasteiger partial charge in [-0.1, -0.05) is 6.92 Å². The first kappa shape index (κ1) is 11.2. The predicted molar refractivity (Wildman–Crippen MR) is 75.7 cm³/mol. The van der Waals surface area contributed by atoms with Crippen LogP contribution < -0.4 is 5.73 Å². The Morgan fingerprint density at radius 3 is 2.94 bits per heavy atom. The van der Waals surface area contributed by atoms with Crippen LogP contribution in [-0.4, -0.2) is 15.0 Å². The first-order chi connectivity index (χ1) is 8.67. The number of fused-ring (bicyclic) bond motifs is 1. The number of pyridine rings is 1. The Labute approximate surface area is 109 Å². The van der Waals surface area contributed by atoms with Crippen LogP contribution in [-0.2, 0) is 6.42 Å². The van der Waals surface area contributed by atoms with Crippen molar-refractivity contribution in [3.8, 4) is 11.4 Å².